The Morgan fingerprint density at radius 2 is 1.79 bits per heavy atom. The number of rotatable bonds is 7. The maximum absolute atomic E-state index is 12.0. The molecule has 0 aliphatic carbocycles. The Kier molecular flexibility index (Phi) is 12.1. The highest BCUT2D eigenvalue weighted by molar-refractivity contribution is 5.85. The van der Waals surface area contributed by atoms with Crippen molar-refractivity contribution in [2.45, 2.75) is 38.6 Å². The molecule has 1 heterocycles. The van der Waals surface area contributed by atoms with Crippen LogP contribution in [-0.2, 0) is 4.79 Å². The Balaban J connectivity index is 0.00000264. The molecule has 2 atom stereocenters. The van der Waals surface area contributed by atoms with Gasteiger partial charge in [0.25, 0.3) is 0 Å². The van der Waals surface area contributed by atoms with Crippen LogP contribution in [0.25, 0.3) is 0 Å². The van der Waals surface area contributed by atoms with Crippen molar-refractivity contribution in [2.75, 3.05) is 26.2 Å². The van der Waals surface area contributed by atoms with E-state index in [0.29, 0.717) is 12.3 Å². The van der Waals surface area contributed by atoms with E-state index in [9.17, 15) is 4.79 Å². The summed E-state index contributed by atoms with van der Waals surface area (Å²) >= 11 is 0. The Labute approximate surface area is 158 Å². The van der Waals surface area contributed by atoms with Gasteiger partial charge in [-0.15, -0.1) is 24.8 Å². The van der Waals surface area contributed by atoms with Gasteiger partial charge in [-0.1, -0.05) is 43.7 Å². The molecule has 0 spiro atoms. The predicted octanol–water partition coefficient (Wildman–Crippen LogP) is 3.16. The highest BCUT2D eigenvalue weighted by atomic mass is 35.5. The molecule has 1 aromatic carbocycles. The fourth-order valence-electron chi connectivity index (χ4n) is 3.03. The van der Waals surface area contributed by atoms with Crippen molar-refractivity contribution in [3.05, 3.63) is 35.9 Å². The van der Waals surface area contributed by atoms with Gasteiger partial charge in [-0.3, -0.25) is 4.79 Å². The molecular weight excluding hydrogens is 345 g/mol. The zero-order valence-electron chi connectivity index (χ0n) is 14.4. The third-order valence-electron chi connectivity index (χ3n) is 4.30. The summed E-state index contributed by atoms with van der Waals surface area (Å²) in [6, 6.07) is 9.58. The standard InChI is InChI=1S/C18H29N3O.2ClH/c1-15(14-21-10-6-3-7-11-21)13-20-18(22)12-17(19)16-8-4-2-5-9-16;;/h2,4-5,8-9,15,17H,3,6-7,10-14,19H2,1H3,(H,20,22);2*1H. The van der Waals surface area contributed by atoms with Gasteiger partial charge in [0.2, 0.25) is 5.91 Å². The van der Waals surface area contributed by atoms with Crippen molar-refractivity contribution in [3.63, 3.8) is 0 Å². The first-order valence-corrected chi connectivity index (χ1v) is 8.44. The van der Waals surface area contributed by atoms with Gasteiger partial charge in [0.05, 0.1) is 0 Å². The molecule has 1 aromatic rings. The summed E-state index contributed by atoms with van der Waals surface area (Å²) in [7, 11) is 0. The molecule has 1 fully saturated rings. The zero-order valence-corrected chi connectivity index (χ0v) is 16.1. The monoisotopic (exact) mass is 375 g/mol. The molecule has 0 aromatic heterocycles. The summed E-state index contributed by atoms with van der Waals surface area (Å²) in [5.41, 5.74) is 7.10. The van der Waals surface area contributed by atoms with Gasteiger partial charge in [-0.05, 0) is 37.4 Å². The fraction of sp³-hybridized carbons (Fsp3) is 0.611. The highest BCUT2D eigenvalue weighted by Gasteiger charge is 2.15. The Hall–Kier alpha value is -0.810. The normalized spacial score (nSPS) is 17.1. The van der Waals surface area contributed by atoms with E-state index >= 15 is 0 Å². The number of amides is 1. The molecule has 1 aliphatic rings. The minimum absolute atomic E-state index is 0. The Bertz CT molecular complexity index is 453. The van der Waals surface area contributed by atoms with Crippen LogP contribution in [0.1, 0.15) is 44.2 Å². The van der Waals surface area contributed by atoms with Gasteiger partial charge in [-0.2, -0.15) is 0 Å². The molecule has 1 saturated heterocycles. The second-order valence-corrected chi connectivity index (χ2v) is 6.49. The minimum atomic E-state index is -0.224. The number of carbonyl (C=O) groups excluding carboxylic acids is 1. The van der Waals surface area contributed by atoms with E-state index in [4.69, 9.17) is 5.73 Å². The van der Waals surface area contributed by atoms with Crippen LogP contribution in [0.5, 0.6) is 0 Å². The van der Waals surface area contributed by atoms with Crippen molar-refractivity contribution in [1.82, 2.24) is 10.2 Å². The van der Waals surface area contributed by atoms with Crippen LogP contribution in [0.4, 0.5) is 0 Å². The number of carbonyl (C=O) groups is 1. The van der Waals surface area contributed by atoms with Crippen LogP contribution in [0, 0.1) is 5.92 Å². The van der Waals surface area contributed by atoms with Crippen LogP contribution in [0.2, 0.25) is 0 Å². The van der Waals surface area contributed by atoms with Crippen LogP contribution in [-0.4, -0.2) is 37.0 Å². The first-order chi connectivity index (χ1) is 10.6. The Morgan fingerprint density at radius 3 is 2.42 bits per heavy atom. The third-order valence-corrected chi connectivity index (χ3v) is 4.30. The van der Waals surface area contributed by atoms with Crippen molar-refractivity contribution < 1.29 is 4.79 Å². The maximum atomic E-state index is 12.0. The summed E-state index contributed by atoms with van der Waals surface area (Å²) in [6.45, 7) is 6.42. The molecule has 4 nitrogen and oxygen atoms in total. The van der Waals surface area contributed by atoms with E-state index in [-0.39, 0.29) is 36.8 Å². The molecule has 138 valence electrons. The number of nitrogens with two attached hydrogens (primary N) is 1. The van der Waals surface area contributed by atoms with E-state index < -0.39 is 0 Å². The van der Waals surface area contributed by atoms with E-state index in [0.717, 1.165) is 18.7 Å². The number of nitrogens with zero attached hydrogens (tertiary/aromatic N) is 1. The summed E-state index contributed by atoms with van der Waals surface area (Å²) < 4.78 is 0. The molecule has 1 amide bonds. The number of likely N-dealkylation sites (tertiary alicyclic amines) is 1. The lowest BCUT2D eigenvalue weighted by Crippen LogP contribution is -2.38. The fourth-order valence-corrected chi connectivity index (χ4v) is 3.03. The highest BCUT2D eigenvalue weighted by Crippen LogP contribution is 2.13. The van der Waals surface area contributed by atoms with Crippen molar-refractivity contribution in [3.8, 4) is 0 Å². The van der Waals surface area contributed by atoms with Gasteiger partial charge in [0.1, 0.15) is 0 Å². The summed E-state index contributed by atoms with van der Waals surface area (Å²) in [4.78, 5) is 14.5. The second-order valence-electron chi connectivity index (χ2n) is 6.49. The molecule has 0 bridgehead atoms. The zero-order chi connectivity index (χ0) is 15.8. The molecule has 6 heteroatoms. The molecular formula is C18H31Cl2N3O. The van der Waals surface area contributed by atoms with E-state index in [1.807, 2.05) is 30.3 Å². The van der Waals surface area contributed by atoms with Gasteiger partial charge < -0.3 is 16.0 Å². The quantitative estimate of drug-likeness (QED) is 0.769. The lowest BCUT2D eigenvalue weighted by molar-refractivity contribution is -0.121. The van der Waals surface area contributed by atoms with Gasteiger partial charge in [0, 0.05) is 25.6 Å². The third kappa shape index (κ3) is 8.34. The van der Waals surface area contributed by atoms with E-state index in [1.54, 1.807) is 0 Å². The van der Waals surface area contributed by atoms with Crippen LogP contribution in [0.15, 0.2) is 30.3 Å². The van der Waals surface area contributed by atoms with Crippen molar-refractivity contribution >= 4 is 30.7 Å². The van der Waals surface area contributed by atoms with Gasteiger partial charge in [-0.25, -0.2) is 0 Å². The topological polar surface area (TPSA) is 58.4 Å². The number of halogens is 2. The first-order valence-electron chi connectivity index (χ1n) is 8.44. The molecule has 24 heavy (non-hydrogen) atoms. The number of hydrogen-bond donors (Lipinski definition) is 2. The largest absolute Gasteiger partial charge is 0.356 e. The van der Waals surface area contributed by atoms with Crippen LogP contribution >= 0.6 is 24.8 Å². The summed E-state index contributed by atoms with van der Waals surface area (Å²) in [6.07, 6.45) is 4.33. The molecule has 2 rings (SSSR count). The van der Waals surface area contributed by atoms with Crippen LogP contribution < -0.4 is 11.1 Å². The average molecular weight is 376 g/mol. The van der Waals surface area contributed by atoms with Crippen molar-refractivity contribution in [1.29, 1.82) is 0 Å². The smallest absolute Gasteiger partial charge is 0.221 e. The second kappa shape index (κ2) is 12.5. The number of nitrogens with one attached hydrogen (secondary N) is 1. The Morgan fingerprint density at radius 1 is 1.17 bits per heavy atom. The molecule has 3 N–H and O–H groups in total. The summed E-state index contributed by atoms with van der Waals surface area (Å²) in [5.74, 6) is 0.525. The molecule has 1 aliphatic heterocycles. The van der Waals surface area contributed by atoms with E-state index in [1.165, 1.54) is 32.4 Å². The number of piperidine rings is 1. The minimum Gasteiger partial charge on any atom is -0.356 e. The van der Waals surface area contributed by atoms with E-state index in [2.05, 4.69) is 17.1 Å². The number of hydrogen-bond acceptors (Lipinski definition) is 3. The summed E-state index contributed by atoms with van der Waals surface area (Å²) in [5, 5.41) is 3.03. The maximum Gasteiger partial charge on any atom is 0.221 e. The lowest BCUT2D eigenvalue weighted by atomic mass is 10.0. The number of benzene rings is 1. The SMILES string of the molecule is CC(CNC(=O)CC(N)c1ccccc1)CN1CCCCC1.Cl.Cl. The molecule has 0 saturated carbocycles. The van der Waals surface area contributed by atoms with Gasteiger partial charge in [0.15, 0.2) is 0 Å². The molecule has 0 radical (unpaired) electrons. The van der Waals surface area contributed by atoms with Crippen molar-refractivity contribution in [2.24, 2.45) is 11.7 Å². The predicted molar refractivity (Wildman–Crippen MR) is 105 cm³/mol. The van der Waals surface area contributed by atoms with Gasteiger partial charge >= 0.3 is 0 Å². The lowest BCUT2D eigenvalue weighted by Gasteiger charge is -2.29. The van der Waals surface area contributed by atoms with Crippen LogP contribution in [0.3, 0.4) is 0 Å². The first kappa shape index (κ1) is 23.2. The molecule has 2 unspecified atom stereocenters. The average Bonchev–Trinajstić information content (AvgIpc) is 2.55.